The van der Waals surface area contributed by atoms with Gasteiger partial charge in [-0.2, -0.15) is 0 Å². The highest BCUT2D eigenvalue weighted by molar-refractivity contribution is 5.84. The maximum atomic E-state index is 12.3. The van der Waals surface area contributed by atoms with E-state index in [9.17, 15) is 9.59 Å². The number of piperidine rings is 1. The van der Waals surface area contributed by atoms with Crippen LogP contribution < -0.4 is 10.1 Å². The van der Waals surface area contributed by atoms with Crippen molar-refractivity contribution in [3.05, 3.63) is 96.1 Å². The van der Waals surface area contributed by atoms with Crippen LogP contribution in [0.5, 0.6) is 5.75 Å². The number of hydrogen-bond acceptors (Lipinski definition) is 5. The van der Waals surface area contributed by atoms with Crippen LogP contribution in [0.25, 0.3) is 0 Å². The number of nitrogens with one attached hydrogen (secondary N) is 1. The summed E-state index contributed by atoms with van der Waals surface area (Å²) in [5, 5.41) is 2.71. The number of anilines is 1. The minimum atomic E-state index is -0.510. The molecule has 1 aliphatic rings. The summed E-state index contributed by atoms with van der Waals surface area (Å²) < 4.78 is 16.7. The molecule has 0 bridgehead atoms. The van der Waals surface area contributed by atoms with Crippen LogP contribution in [0.1, 0.15) is 24.0 Å². The van der Waals surface area contributed by atoms with Gasteiger partial charge in [-0.25, -0.2) is 9.59 Å². The van der Waals surface area contributed by atoms with Gasteiger partial charge in [0.1, 0.15) is 25.1 Å². The van der Waals surface area contributed by atoms with Gasteiger partial charge in [0.25, 0.3) is 0 Å². The van der Waals surface area contributed by atoms with Crippen LogP contribution in [0.4, 0.5) is 15.3 Å². The maximum absolute atomic E-state index is 12.3. The quantitative estimate of drug-likeness (QED) is 0.496. The van der Waals surface area contributed by atoms with Gasteiger partial charge in [-0.3, -0.25) is 5.32 Å². The molecule has 1 fully saturated rings. The van der Waals surface area contributed by atoms with Gasteiger partial charge >= 0.3 is 12.2 Å². The van der Waals surface area contributed by atoms with Crippen molar-refractivity contribution in [2.75, 3.05) is 18.4 Å². The molecule has 0 atom stereocenters. The molecular formula is C27H28N2O5. The Morgan fingerprint density at radius 2 is 1.32 bits per heavy atom. The van der Waals surface area contributed by atoms with Gasteiger partial charge in [0.05, 0.1) is 0 Å². The van der Waals surface area contributed by atoms with Crippen molar-refractivity contribution in [1.29, 1.82) is 0 Å². The number of carbonyl (C=O) groups is 2. The summed E-state index contributed by atoms with van der Waals surface area (Å²) in [5.74, 6) is 0.716. The molecule has 176 valence electrons. The second-order valence-electron chi connectivity index (χ2n) is 8.06. The molecule has 2 amide bonds. The SMILES string of the molecule is O=C(Nc1ccc(OC2CCN(C(=O)OCc3ccccc3)CC2)cc1)OCc1ccccc1. The van der Waals surface area contributed by atoms with E-state index in [1.807, 2.05) is 72.8 Å². The lowest BCUT2D eigenvalue weighted by Crippen LogP contribution is -2.42. The van der Waals surface area contributed by atoms with Crippen LogP contribution in [-0.2, 0) is 22.7 Å². The molecule has 34 heavy (non-hydrogen) atoms. The first-order valence-electron chi connectivity index (χ1n) is 11.4. The Morgan fingerprint density at radius 3 is 1.91 bits per heavy atom. The van der Waals surface area contributed by atoms with Gasteiger partial charge in [-0.15, -0.1) is 0 Å². The van der Waals surface area contributed by atoms with Crippen molar-refractivity contribution in [2.24, 2.45) is 0 Å². The van der Waals surface area contributed by atoms with Crippen molar-refractivity contribution in [2.45, 2.75) is 32.2 Å². The van der Waals surface area contributed by atoms with Crippen LogP contribution in [0.2, 0.25) is 0 Å². The summed E-state index contributed by atoms with van der Waals surface area (Å²) in [6.45, 7) is 1.67. The number of amides is 2. The number of rotatable bonds is 7. The summed E-state index contributed by atoms with van der Waals surface area (Å²) in [5.41, 5.74) is 2.52. The Morgan fingerprint density at radius 1 is 0.765 bits per heavy atom. The zero-order valence-electron chi connectivity index (χ0n) is 18.9. The van der Waals surface area contributed by atoms with Gasteiger partial charge in [-0.05, 0) is 35.4 Å². The van der Waals surface area contributed by atoms with E-state index in [-0.39, 0.29) is 25.4 Å². The summed E-state index contributed by atoms with van der Waals surface area (Å²) >= 11 is 0. The van der Waals surface area contributed by atoms with Crippen molar-refractivity contribution in [1.82, 2.24) is 4.90 Å². The Balaban J connectivity index is 1.16. The van der Waals surface area contributed by atoms with Crippen LogP contribution in [-0.4, -0.2) is 36.3 Å². The van der Waals surface area contributed by atoms with Gasteiger partial charge < -0.3 is 19.1 Å². The van der Waals surface area contributed by atoms with Crippen LogP contribution in [0, 0.1) is 0 Å². The van der Waals surface area contributed by atoms with Crippen LogP contribution >= 0.6 is 0 Å². The van der Waals surface area contributed by atoms with Gasteiger partial charge in [0.15, 0.2) is 0 Å². The Labute approximate surface area is 199 Å². The molecule has 7 nitrogen and oxygen atoms in total. The van der Waals surface area contributed by atoms with E-state index in [4.69, 9.17) is 14.2 Å². The highest BCUT2D eigenvalue weighted by Gasteiger charge is 2.25. The molecule has 7 heteroatoms. The van der Waals surface area contributed by atoms with E-state index in [0.717, 1.165) is 24.0 Å². The smallest absolute Gasteiger partial charge is 0.411 e. The van der Waals surface area contributed by atoms with E-state index < -0.39 is 6.09 Å². The molecule has 0 aromatic heterocycles. The molecule has 0 spiro atoms. The lowest BCUT2D eigenvalue weighted by molar-refractivity contribution is 0.0638. The topological polar surface area (TPSA) is 77.1 Å². The maximum Gasteiger partial charge on any atom is 0.411 e. The predicted octanol–water partition coefficient (Wildman–Crippen LogP) is 5.62. The Kier molecular flexibility index (Phi) is 8.00. The van der Waals surface area contributed by atoms with E-state index in [1.54, 1.807) is 17.0 Å². The number of carbonyl (C=O) groups excluding carboxylic acids is 2. The standard InChI is InChI=1S/C27H28N2O5/c30-26(32-19-21-7-3-1-4-8-21)28-23-11-13-24(14-12-23)34-25-15-17-29(18-16-25)27(31)33-20-22-9-5-2-6-10-22/h1-14,25H,15-20H2,(H,28,30). The molecule has 0 radical (unpaired) electrons. The minimum absolute atomic E-state index is 0.0211. The van der Waals surface area contributed by atoms with Crippen molar-refractivity contribution in [3.63, 3.8) is 0 Å². The molecule has 0 unspecified atom stereocenters. The average molecular weight is 461 g/mol. The van der Waals surface area contributed by atoms with Crippen LogP contribution in [0.15, 0.2) is 84.9 Å². The average Bonchev–Trinajstić information content (AvgIpc) is 2.89. The van der Waals surface area contributed by atoms with Gasteiger partial charge in [0, 0.05) is 31.6 Å². The summed E-state index contributed by atoms with van der Waals surface area (Å²) in [6.07, 6.45) is 0.673. The third-order valence-electron chi connectivity index (χ3n) is 5.52. The number of nitrogens with zero attached hydrogens (tertiary/aromatic N) is 1. The van der Waals surface area contributed by atoms with Crippen molar-refractivity contribution in [3.8, 4) is 5.75 Å². The fourth-order valence-electron chi connectivity index (χ4n) is 3.65. The largest absolute Gasteiger partial charge is 0.490 e. The van der Waals surface area contributed by atoms with Crippen molar-refractivity contribution >= 4 is 17.9 Å². The van der Waals surface area contributed by atoms with E-state index >= 15 is 0 Å². The van der Waals surface area contributed by atoms with E-state index in [1.165, 1.54) is 0 Å². The highest BCUT2D eigenvalue weighted by Crippen LogP contribution is 2.22. The molecule has 0 saturated carbocycles. The number of hydrogen-bond donors (Lipinski definition) is 1. The van der Waals surface area contributed by atoms with E-state index in [2.05, 4.69) is 5.32 Å². The Bertz CT molecular complexity index is 1050. The third kappa shape index (κ3) is 7.00. The molecule has 1 aliphatic heterocycles. The molecule has 1 N–H and O–H groups in total. The first-order valence-corrected chi connectivity index (χ1v) is 11.4. The monoisotopic (exact) mass is 460 g/mol. The van der Waals surface area contributed by atoms with Crippen molar-refractivity contribution < 1.29 is 23.8 Å². The predicted molar refractivity (Wildman–Crippen MR) is 129 cm³/mol. The summed E-state index contributed by atoms with van der Waals surface area (Å²) in [6, 6.07) is 26.3. The molecule has 4 rings (SSSR count). The first-order chi connectivity index (χ1) is 16.7. The zero-order valence-corrected chi connectivity index (χ0v) is 18.9. The minimum Gasteiger partial charge on any atom is -0.490 e. The fraction of sp³-hybridized carbons (Fsp3) is 0.259. The highest BCUT2D eigenvalue weighted by atomic mass is 16.6. The van der Waals surface area contributed by atoms with Gasteiger partial charge in [-0.1, -0.05) is 60.7 Å². The lowest BCUT2D eigenvalue weighted by Gasteiger charge is -2.31. The molecule has 0 aliphatic carbocycles. The Hall–Kier alpha value is -4.00. The molecule has 3 aromatic rings. The number of likely N-dealkylation sites (tertiary alicyclic amines) is 1. The molecule has 3 aromatic carbocycles. The van der Waals surface area contributed by atoms with E-state index in [0.29, 0.717) is 24.5 Å². The molecular weight excluding hydrogens is 432 g/mol. The second kappa shape index (κ2) is 11.7. The lowest BCUT2D eigenvalue weighted by atomic mass is 10.1. The van der Waals surface area contributed by atoms with Gasteiger partial charge in [0.2, 0.25) is 0 Å². The fourth-order valence-corrected chi connectivity index (χ4v) is 3.65. The third-order valence-corrected chi connectivity index (χ3v) is 5.52. The van der Waals surface area contributed by atoms with Crippen LogP contribution in [0.3, 0.4) is 0 Å². The summed E-state index contributed by atoms with van der Waals surface area (Å²) in [7, 11) is 0. The first kappa shape index (κ1) is 23.2. The normalized spacial score (nSPS) is 13.7. The molecule has 1 heterocycles. The number of benzene rings is 3. The molecule has 1 saturated heterocycles. The second-order valence-corrected chi connectivity index (χ2v) is 8.06. The summed E-state index contributed by atoms with van der Waals surface area (Å²) in [4.78, 5) is 26.0. The number of ether oxygens (including phenoxy) is 3. The zero-order chi connectivity index (χ0) is 23.6.